The number of aryl methyl sites for hydroxylation is 2. The van der Waals surface area contributed by atoms with Crippen molar-refractivity contribution >= 4 is 5.91 Å². The van der Waals surface area contributed by atoms with Crippen LogP contribution < -0.4 is 0 Å². The van der Waals surface area contributed by atoms with Crippen LogP contribution in [0.4, 0.5) is 0 Å². The van der Waals surface area contributed by atoms with Crippen molar-refractivity contribution in [1.29, 1.82) is 0 Å². The maximum atomic E-state index is 11.4. The first-order valence-electron chi connectivity index (χ1n) is 3.92. The van der Waals surface area contributed by atoms with Crippen LogP contribution in [-0.2, 0) is 0 Å². The molecular weight excluding hydrogens is 156 g/mol. The van der Waals surface area contributed by atoms with Crippen molar-refractivity contribution in [2.45, 2.75) is 13.8 Å². The van der Waals surface area contributed by atoms with E-state index in [9.17, 15) is 4.79 Å². The van der Waals surface area contributed by atoms with Gasteiger partial charge < -0.3 is 9.32 Å². The lowest BCUT2D eigenvalue weighted by Crippen LogP contribution is -2.10. The van der Waals surface area contributed by atoms with Gasteiger partial charge in [-0.1, -0.05) is 0 Å². The van der Waals surface area contributed by atoms with Gasteiger partial charge >= 0.3 is 0 Å². The molecule has 1 aromatic heterocycles. The summed E-state index contributed by atoms with van der Waals surface area (Å²) in [6.45, 7) is 5.22. The number of carbonyl (C=O) groups excluding carboxylic acids is 1. The van der Waals surface area contributed by atoms with Crippen LogP contribution in [0.15, 0.2) is 4.42 Å². The SMILES string of the molecule is Cc1nc(C)c(C(=O)N2CC2)o1. The second-order valence-corrected chi connectivity index (χ2v) is 2.94. The maximum absolute atomic E-state index is 11.4. The van der Waals surface area contributed by atoms with Crippen LogP contribution in [0, 0.1) is 13.8 Å². The molecule has 0 aromatic carbocycles. The zero-order valence-electron chi connectivity index (χ0n) is 7.13. The Morgan fingerprint density at radius 1 is 1.50 bits per heavy atom. The summed E-state index contributed by atoms with van der Waals surface area (Å²) in [6, 6.07) is 0. The van der Waals surface area contributed by atoms with Gasteiger partial charge in [-0.15, -0.1) is 0 Å². The Labute approximate surface area is 70.2 Å². The van der Waals surface area contributed by atoms with E-state index in [1.54, 1.807) is 18.7 Å². The summed E-state index contributed by atoms with van der Waals surface area (Å²) in [5.41, 5.74) is 0.685. The highest BCUT2D eigenvalue weighted by Gasteiger charge is 2.29. The highest BCUT2D eigenvalue weighted by atomic mass is 16.4. The van der Waals surface area contributed by atoms with Crippen molar-refractivity contribution in [3.8, 4) is 0 Å². The Morgan fingerprint density at radius 3 is 2.58 bits per heavy atom. The van der Waals surface area contributed by atoms with Gasteiger partial charge in [0.1, 0.15) is 0 Å². The van der Waals surface area contributed by atoms with E-state index in [2.05, 4.69) is 4.98 Å². The standard InChI is InChI=1S/C8H10N2O2/c1-5-7(12-6(2)9-5)8(11)10-3-4-10/h3-4H2,1-2H3. The van der Waals surface area contributed by atoms with Crippen molar-refractivity contribution in [2.24, 2.45) is 0 Å². The van der Waals surface area contributed by atoms with Gasteiger partial charge in [0.25, 0.3) is 5.91 Å². The molecule has 2 heterocycles. The molecule has 4 heteroatoms. The fraction of sp³-hybridized carbons (Fsp3) is 0.500. The molecule has 4 nitrogen and oxygen atoms in total. The van der Waals surface area contributed by atoms with Crippen LogP contribution >= 0.6 is 0 Å². The number of rotatable bonds is 1. The highest BCUT2D eigenvalue weighted by molar-refractivity contribution is 5.93. The summed E-state index contributed by atoms with van der Waals surface area (Å²) in [5, 5.41) is 0. The molecule has 0 spiro atoms. The van der Waals surface area contributed by atoms with Gasteiger partial charge in [-0.25, -0.2) is 4.98 Å². The van der Waals surface area contributed by atoms with Crippen LogP contribution in [0.2, 0.25) is 0 Å². The minimum atomic E-state index is -0.0342. The molecule has 0 radical (unpaired) electrons. The monoisotopic (exact) mass is 166 g/mol. The molecule has 1 fully saturated rings. The van der Waals surface area contributed by atoms with Gasteiger partial charge in [0.15, 0.2) is 5.89 Å². The van der Waals surface area contributed by atoms with Gasteiger partial charge in [-0.2, -0.15) is 0 Å². The normalized spacial score (nSPS) is 15.0. The Balaban J connectivity index is 2.31. The molecule has 0 saturated carbocycles. The summed E-state index contributed by atoms with van der Waals surface area (Å²) in [5.74, 6) is 0.913. The predicted octanol–water partition coefficient (Wildman–Crippen LogP) is 0.747. The topological polar surface area (TPSA) is 46.1 Å². The Bertz CT molecular complexity index is 326. The number of oxazole rings is 1. The van der Waals surface area contributed by atoms with E-state index in [-0.39, 0.29) is 5.91 Å². The second kappa shape index (κ2) is 2.33. The molecular formula is C8H10N2O2. The number of hydrogen-bond donors (Lipinski definition) is 0. The Hall–Kier alpha value is -1.32. The molecule has 0 aliphatic carbocycles. The van der Waals surface area contributed by atoms with Crippen molar-refractivity contribution < 1.29 is 9.21 Å². The van der Waals surface area contributed by atoms with Gasteiger partial charge in [0.05, 0.1) is 5.69 Å². The third-order valence-electron chi connectivity index (χ3n) is 1.83. The molecule has 1 aromatic rings. The quantitative estimate of drug-likeness (QED) is 0.578. The number of amides is 1. The molecule has 1 amide bonds. The van der Waals surface area contributed by atoms with E-state index in [4.69, 9.17) is 4.42 Å². The molecule has 2 rings (SSSR count). The minimum Gasteiger partial charge on any atom is -0.436 e. The van der Waals surface area contributed by atoms with E-state index in [1.165, 1.54) is 0 Å². The van der Waals surface area contributed by atoms with E-state index in [1.807, 2.05) is 0 Å². The van der Waals surface area contributed by atoms with Gasteiger partial charge in [0.2, 0.25) is 5.76 Å². The molecule has 1 aliphatic heterocycles. The number of hydrogen-bond acceptors (Lipinski definition) is 3. The van der Waals surface area contributed by atoms with Crippen molar-refractivity contribution in [3.63, 3.8) is 0 Å². The Morgan fingerprint density at radius 2 is 2.17 bits per heavy atom. The predicted molar refractivity (Wildman–Crippen MR) is 41.9 cm³/mol. The van der Waals surface area contributed by atoms with Gasteiger partial charge in [0, 0.05) is 20.0 Å². The Kier molecular flexibility index (Phi) is 1.43. The lowest BCUT2D eigenvalue weighted by molar-refractivity contribution is 0.0853. The average molecular weight is 166 g/mol. The van der Waals surface area contributed by atoms with Crippen LogP contribution in [0.3, 0.4) is 0 Å². The lowest BCUT2D eigenvalue weighted by atomic mass is 10.3. The lowest BCUT2D eigenvalue weighted by Gasteiger charge is -1.95. The van der Waals surface area contributed by atoms with E-state index < -0.39 is 0 Å². The number of aromatic nitrogens is 1. The number of carbonyl (C=O) groups is 1. The molecule has 1 saturated heterocycles. The molecule has 64 valence electrons. The zero-order chi connectivity index (χ0) is 8.72. The van der Waals surface area contributed by atoms with Crippen molar-refractivity contribution in [2.75, 3.05) is 13.1 Å². The molecule has 0 bridgehead atoms. The highest BCUT2D eigenvalue weighted by Crippen LogP contribution is 2.16. The summed E-state index contributed by atoms with van der Waals surface area (Å²) < 4.78 is 5.18. The molecule has 0 unspecified atom stereocenters. The summed E-state index contributed by atoms with van der Waals surface area (Å²) in [6.07, 6.45) is 0. The van der Waals surface area contributed by atoms with E-state index in [0.717, 1.165) is 13.1 Å². The average Bonchev–Trinajstić information content (AvgIpc) is 2.77. The van der Waals surface area contributed by atoms with Crippen LogP contribution in [0.1, 0.15) is 22.1 Å². The minimum absolute atomic E-state index is 0.0342. The van der Waals surface area contributed by atoms with Crippen LogP contribution in [0.5, 0.6) is 0 Å². The van der Waals surface area contributed by atoms with Crippen molar-refractivity contribution in [3.05, 3.63) is 17.3 Å². The fourth-order valence-electron chi connectivity index (χ4n) is 1.13. The molecule has 0 atom stereocenters. The number of nitrogens with zero attached hydrogens (tertiary/aromatic N) is 2. The molecule has 1 aliphatic rings. The van der Waals surface area contributed by atoms with Gasteiger partial charge in [-0.3, -0.25) is 4.79 Å². The third-order valence-corrected chi connectivity index (χ3v) is 1.83. The van der Waals surface area contributed by atoms with E-state index >= 15 is 0 Å². The first kappa shape index (κ1) is 7.34. The second-order valence-electron chi connectivity index (χ2n) is 2.94. The fourth-order valence-corrected chi connectivity index (χ4v) is 1.13. The van der Waals surface area contributed by atoms with Crippen molar-refractivity contribution in [1.82, 2.24) is 9.88 Å². The zero-order valence-corrected chi connectivity index (χ0v) is 7.13. The van der Waals surface area contributed by atoms with Crippen LogP contribution in [-0.4, -0.2) is 28.9 Å². The largest absolute Gasteiger partial charge is 0.436 e. The summed E-state index contributed by atoms with van der Waals surface area (Å²) >= 11 is 0. The van der Waals surface area contributed by atoms with Crippen LogP contribution in [0.25, 0.3) is 0 Å². The molecule has 12 heavy (non-hydrogen) atoms. The first-order chi connectivity index (χ1) is 5.68. The maximum Gasteiger partial charge on any atom is 0.291 e. The first-order valence-corrected chi connectivity index (χ1v) is 3.92. The van der Waals surface area contributed by atoms with Gasteiger partial charge in [-0.05, 0) is 6.92 Å². The smallest absolute Gasteiger partial charge is 0.291 e. The molecule has 0 N–H and O–H groups in total. The van der Waals surface area contributed by atoms with E-state index in [0.29, 0.717) is 17.3 Å². The summed E-state index contributed by atoms with van der Waals surface area (Å²) in [4.78, 5) is 17.2. The summed E-state index contributed by atoms with van der Waals surface area (Å²) in [7, 11) is 0. The third kappa shape index (κ3) is 1.09.